The van der Waals surface area contributed by atoms with Gasteiger partial charge in [-0.3, -0.25) is 9.79 Å². The van der Waals surface area contributed by atoms with E-state index in [0.29, 0.717) is 10.9 Å². The van der Waals surface area contributed by atoms with E-state index in [9.17, 15) is 4.57 Å². The fourth-order valence-corrected chi connectivity index (χ4v) is 2.84. The van der Waals surface area contributed by atoms with Crippen molar-refractivity contribution in [2.75, 3.05) is 0 Å². The van der Waals surface area contributed by atoms with Crippen LogP contribution in [0.15, 0.2) is 42.5 Å². The zero-order valence-corrected chi connectivity index (χ0v) is 13.4. The van der Waals surface area contributed by atoms with Gasteiger partial charge in [-0.15, -0.1) is 0 Å². The minimum Gasteiger partial charge on any atom is -0.403 e. The van der Waals surface area contributed by atoms with Crippen molar-refractivity contribution in [2.45, 2.75) is 5.33 Å². The van der Waals surface area contributed by atoms with Crippen LogP contribution in [0.1, 0.15) is 5.56 Å². The fourth-order valence-electron chi connectivity index (χ4n) is 1.75. The average Bonchev–Trinajstić information content (AvgIpc) is 2.40. The summed E-state index contributed by atoms with van der Waals surface area (Å²) in [5.74, 6) is -0.0401. The molecule has 0 aromatic heterocycles. The molecule has 2 aromatic rings. The third-order valence-electron chi connectivity index (χ3n) is 2.57. The van der Waals surface area contributed by atoms with E-state index in [2.05, 4.69) is 20.5 Å². The molecule has 4 nitrogen and oxygen atoms in total. The topological polar surface area (TPSA) is 66.8 Å². The third kappa shape index (κ3) is 3.84. The van der Waals surface area contributed by atoms with Crippen LogP contribution in [0, 0.1) is 0 Å². The molecule has 2 N–H and O–H groups in total. The molecule has 0 bridgehead atoms. The highest BCUT2D eigenvalue weighted by Gasteiger charge is 2.19. The summed E-state index contributed by atoms with van der Waals surface area (Å²) in [6.07, 6.45) is 0. The Morgan fingerprint density at radius 1 is 1.20 bits per heavy atom. The van der Waals surface area contributed by atoms with Crippen LogP contribution < -0.4 is 4.52 Å². The zero-order chi connectivity index (χ0) is 14.8. The minimum atomic E-state index is -4.63. The van der Waals surface area contributed by atoms with Gasteiger partial charge in [0.1, 0.15) is 0 Å². The molecular formula is C13H11BrClO4P. The number of benzene rings is 2. The zero-order valence-electron chi connectivity index (χ0n) is 10.2. The maximum absolute atomic E-state index is 10.9. The summed E-state index contributed by atoms with van der Waals surface area (Å²) in [6, 6.07) is 12.5. The number of hydrogen-bond donors (Lipinski definition) is 2. The van der Waals surface area contributed by atoms with E-state index in [4.69, 9.17) is 21.4 Å². The summed E-state index contributed by atoms with van der Waals surface area (Å²) in [5.41, 5.74) is 2.57. The lowest BCUT2D eigenvalue weighted by Crippen LogP contribution is -1.92. The van der Waals surface area contributed by atoms with Crippen LogP contribution in [0.25, 0.3) is 11.1 Å². The van der Waals surface area contributed by atoms with Crippen molar-refractivity contribution in [2.24, 2.45) is 0 Å². The number of alkyl halides is 1. The molecule has 0 atom stereocenters. The molecule has 2 aromatic carbocycles. The van der Waals surface area contributed by atoms with Crippen molar-refractivity contribution in [3.63, 3.8) is 0 Å². The monoisotopic (exact) mass is 376 g/mol. The van der Waals surface area contributed by atoms with Gasteiger partial charge in [-0.05, 0) is 17.2 Å². The quantitative estimate of drug-likeness (QED) is 0.613. The van der Waals surface area contributed by atoms with Gasteiger partial charge in [0, 0.05) is 10.9 Å². The molecule has 0 aliphatic heterocycles. The van der Waals surface area contributed by atoms with Crippen LogP contribution in [0.2, 0.25) is 5.02 Å². The first-order chi connectivity index (χ1) is 9.40. The molecular weight excluding hydrogens is 366 g/mol. The Morgan fingerprint density at radius 3 is 2.55 bits per heavy atom. The number of phosphoric acid groups is 1. The lowest BCUT2D eigenvalue weighted by molar-refractivity contribution is 0.283. The van der Waals surface area contributed by atoms with E-state index >= 15 is 0 Å². The van der Waals surface area contributed by atoms with E-state index in [1.807, 2.05) is 24.3 Å². The number of halogens is 2. The van der Waals surface area contributed by atoms with Crippen molar-refractivity contribution in [1.82, 2.24) is 0 Å². The van der Waals surface area contributed by atoms with Crippen LogP contribution in [0.3, 0.4) is 0 Å². The molecule has 7 heteroatoms. The van der Waals surface area contributed by atoms with Gasteiger partial charge in [0.2, 0.25) is 0 Å². The minimum absolute atomic E-state index is 0.0401. The molecule has 20 heavy (non-hydrogen) atoms. The predicted molar refractivity (Wildman–Crippen MR) is 82.2 cm³/mol. The first-order valence-corrected chi connectivity index (χ1v) is 8.62. The highest BCUT2D eigenvalue weighted by molar-refractivity contribution is 9.08. The highest BCUT2D eigenvalue weighted by Crippen LogP contribution is 2.43. The van der Waals surface area contributed by atoms with Gasteiger partial charge in [-0.25, -0.2) is 4.57 Å². The van der Waals surface area contributed by atoms with E-state index in [-0.39, 0.29) is 10.8 Å². The molecule has 106 valence electrons. The Hall–Kier alpha value is -0.840. The summed E-state index contributed by atoms with van der Waals surface area (Å²) >= 11 is 9.54. The molecule has 0 heterocycles. The third-order valence-corrected chi connectivity index (χ3v) is 4.04. The molecule has 2 rings (SSSR count). The van der Waals surface area contributed by atoms with Crippen molar-refractivity contribution >= 4 is 35.4 Å². The van der Waals surface area contributed by atoms with Gasteiger partial charge in [0.15, 0.2) is 5.75 Å². The van der Waals surface area contributed by atoms with Crippen molar-refractivity contribution in [3.8, 4) is 16.9 Å². The van der Waals surface area contributed by atoms with Crippen LogP contribution in [0.5, 0.6) is 5.75 Å². The molecule has 0 saturated carbocycles. The molecule has 0 aliphatic rings. The van der Waals surface area contributed by atoms with Gasteiger partial charge in [-0.2, -0.15) is 0 Å². The molecule has 0 spiro atoms. The Bertz CT molecular complexity index is 671. The maximum Gasteiger partial charge on any atom is 0.524 e. The normalized spacial score (nSPS) is 11.4. The first-order valence-electron chi connectivity index (χ1n) is 5.59. The average molecular weight is 378 g/mol. The van der Waals surface area contributed by atoms with E-state index in [1.54, 1.807) is 12.1 Å². The summed E-state index contributed by atoms with van der Waals surface area (Å²) in [4.78, 5) is 17.7. The smallest absolute Gasteiger partial charge is 0.403 e. The summed E-state index contributed by atoms with van der Waals surface area (Å²) < 4.78 is 15.5. The van der Waals surface area contributed by atoms with Crippen molar-refractivity contribution in [3.05, 3.63) is 53.1 Å². The van der Waals surface area contributed by atoms with Crippen molar-refractivity contribution < 1.29 is 18.9 Å². The summed E-state index contributed by atoms with van der Waals surface area (Å²) in [6.45, 7) is 0. The van der Waals surface area contributed by atoms with Gasteiger partial charge in [0.05, 0.1) is 5.02 Å². The second-order valence-corrected chi connectivity index (χ2v) is 6.14. The van der Waals surface area contributed by atoms with Gasteiger partial charge < -0.3 is 4.52 Å². The Kier molecular flexibility index (Phi) is 4.89. The number of phosphoric ester groups is 1. The fraction of sp³-hybridized carbons (Fsp3) is 0.0769. The standard InChI is InChI=1S/C13H11BrClO4P/c14-8-9-3-1-4-10(7-9)11-5-2-6-12(13(11)15)19-20(16,17)18/h1-7H,8H2,(H2,16,17,18). The Morgan fingerprint density at radius 2 is 1.90 bits per heavy atom. The molecule has 0 aliphatic carbocycles. The predicted octanol–water partition coefficient (Wildman–Crippen LogP) is 4.37. The summed E-state index contributed by atoms with van der Waals surface area (Å²) in [7, 11) is -4.63. The summed E-state index contributed by atoms with van der Waals surface area (Å²) in [5, 5.41) is 0.875. The van der Waals surface area contributed by atoms with Gasteiger partial charge in [-0.1, -0.05) is 63.9 Å². The lowest BCUT2D eigenvalue weighted by Gasteiger charge is -2.12. The second-order valence-electron chi connectivity index (χ2n) is 4.03. The van der Waals surface area contributed by atoms with E-state index in [0.717, 1.165) is 11.1 Å². The molecule has 0 amide bonds. The van der Waals surface area contributed by atoms with Gasteiger partial charge >= 0.3 is 7.82 Å². The van der Waals surface area contributed by atoms with Crippen LogP contribution in [-0.2, 0) is 9.90 Å². The molecule has 0 unspecified atom stereocenters. The van der Waals surface area contributed by atoms with Crippen LogP contribution >= 0.6 is 35.4 Å². The lowest BCUT2D eigenvalue weighted by atomic mass is 10.0. The molecule has 0 radical (unpaired) electrons. The number of rotatable bonds is 4. The van der Waals surface area contributed by atoms with E-state index < -0.39 is 7.82 Å². The highest BCUT2D eigenvalue weighted by atomic mass is 79.9. The Balaban J connectivity index is 2.47. The first kappa shape index (κ1) is 15.5. The van der Waals surface area contributed by atoms with E-state index in [1.165, 1.54) is 6.07 Å². The maximum atomic E-state index is 10.9. The van der Waals surface area contributed by atoms with Crippen LogP contribution in [0.4, 0.5) is 0 Å². The largest absolute Gasteiger partial charge is 0.524 e. The Labute approximate surface area is 129 Å². The number of hydrogen-bond acceptors (Lipinski definition) is 2. The molecule has 0 saturated heterocycles. The molecule has 0 fully saturated rings. The van der Waals surface area contributed by atoms with Crippen molar-refractivity contribution in [1.29, 1.82) is 0 Å². The SMILES string of the molecule is O=P(O)(O)Oc1cccc(-c2cccc(CBr)c2)c1Cl. The van der Waals surface area contributed by atoms with Crippen LogP contribution in [-0.4, -0.2) is 9.79 Å². The second kappa shape index (κ2) is 6.29. The van der Waals surface area contributed by atoms with Gasteiger partial charge in [0.25, 0.3) is 0 Å².